The van der Waals surface area contributed by atoms with E-state index in [-0.39, 0.29) is 6.04 Å². The molecule has 1 amide bonds. The largest absolute Gasteiger partial charge is 0.465 e. The van der Waals surface area contributed by atoms with Crippen molar-refractivity contribution in [2.24, 2.45) is 0 Å². The van der Waals surface area contributed by atoms with Gasteiger partial charge in [-0.25, -0.2) is 4.79 Å². The Bertz CT molecular complexity index is 740. The Hall–Kier alpha value is -2.32. The quantitative estimate of drug-likeness (QED) is 0.732. The van der Waals surface area contributed by atoms with Crippen molar-refractivity contribution in [3.8, 4) is 0 Å². The van der Waals surface area contributed by atoms with Crippen LogP contribution in [-0.2, 0) is 4.74 Å². The smallest absolute Gasteiger partial charge is 0.412 e. The maximum absolute atomic E-state index is 11.4. The number of nitrogens with one attached hydrogen (secondary N) is 1. The summed E-state index contributed by atoms with van der Waals surface area (Å²) in [5.74, 6) is 0.694. The third-order valence-electron chi connectivity index (χ3n) is 4.50. The number of hydrogen-bond acceptors (Lipinski definition) is 6. The Morgan fingerprint density at radius 3 is 2.85 bits per heavy atom. The number of carbonyl (C=O) groups is 1. The van der Waals surface area contributed by atoms with Crippen LogP contribution < -0.4 is 10.2 Å². The normalized spacial score (nSPS) is 15.5. The van der Waals surface area contributed by atoms with Gasteiger partial charge in [0.1, 0.15) is 0 Å². The van der Waals surface area contributed by atoms with Crippen LogP contribution in [0.15, 0.2) is 22.7 Å². The van der Waals surface area contributed by atoms with Crippen molar-refractivity contribution < 1.29 is 19.2 Å². The molecule has 1 saturated heterocycles. The fourth-order valence-electron chi connectivity index (χ4n) is 3.17. The summed E-state index contributed by atoms with van der Waals surface area (Å²) in [5, 5.41) is 17.6. The first-order chi connectivity index (χ1) is 12.6. The van der Waals surface area contributed by atoms with E-state index >= 15 is 0 Å². The highest BCUT2D eigenvalue weighted by atomic mass is 16.5. The summed E-state index contributed by atoms with van der Waals surface area (Å²) in [6, 6.07) is 5.19. The van der Waals surface area contributed by atoms with Gasteiger partial charge in [-0.1, -0.05) is 5.16 Å². The second-order valence-corrected chi connectivity index (χ2v) is 6.69. The summed E-state index contributed by atoms with van der Waals surface area (Å²) in [7, 11) is 0. The van der Waals surface area contributed by atoms with E-state index in [0.717, 1.165) is 51.2 Å². The number of nitrogens with zero attached hydrogens (tertiary/aromatic N) is 3. The van der Waals surface area contributed by atoms with E-state index < -0.39 is 6.09 Å². The van der Waals surface area contributed by atoms with E-state index in [0.29, 0.717) is 17.1 Å². The maximum Gasteiger partial charge on any atom is 0.412 e. The lowest BCUT2D eigenvalue weighted by atomic mass is 10.2. The van der Waals surface area contributed by atoms with Crippen LogP contribution in [0.2, 0.25) is 0 Å². The highest BCUT2D eigenvalue weighted by molar-refractivity contribution is 5.94. The molecule has 0 spiro atoms. The molecule has 0 radical (unpaired) electrons. The van der Waals surface area contributed by atoms with Crippen molar-refractivity contribution in [2.75, 3.05) is 49.6 Å². The van der Waals surface area contributed by atoms with Gasteiger partial charge in [-0.15, -0.1) is 0 Å². The number of aromatic nitrogens is 1. The first-order valence-corrected chi connectivity index (χ1v) is 9.02. The molecule has 3 rings (SSSR count). The molecular weight excluding hydrogens is 336 g/mol. The predicted octanol–water partition coefficient (Wildman–Crippen LogP) is 2.85. The first-order valence-electron chi connectivity index (χ1n) is 9.02. The zero-order valence-electron chi connectivity index (χ0n) is 15.3. The maximum atomic E-state index is 11.4. The molecule has 8 heteroatoms. The zero-order chi connectivity index (χ0) is 18.5. The molecule has 0 aliphatic carbocycles. The van der Waals surface area contributed by atoms with Crippen LogP contribution in [0.1, 0.15) is 20.3 Å². The van der Waals surface area contributed by atoms with Gasteiger partial charge in [0.15, 0.2) is 11.4 Å². The van der Waals surface area contributed by atoms with Gasteiger partial charge in [0.25, 0.3) is 0 Å². The Morgan fingerprint density at radius 1 is 1.38 bits per heavy atom. The van der Waals surface area contributed by atoms with E-state index in [1.54, 1.807) is 12.1 Å². The molecule has 8 nitrogen and oxygen atoms in total. The van der Waals surface area contributed by atoms with Crippen LogP contribution in [0.3, 0.4) is 0 Å². The highest BCUT2D eigenvalue weighted by Crippen LogP contribution is 2.28. The van der Waals surface area contributed by atoms with Crippen molar-refractivity contribution in [3.63, 3.8) is 0 Å². The SMILES string of the molecule is CC(C)N(C(=O)O)c1ccc2c(NCCCN3CCOCC3)noc2c1. The fourth-order valence-corrected chi connectivity index (χ4v) is 3.17. The molecule has 2 heterocycles. The molecule has 0 atom stereocenters. The van der Waals surface area contributed by atoms with E-state index in [1.165, 1.54) is 4.90 Å². The number of benzene rings is 1. The van der Waals surface area contributed by atoms with E-state index in [4.69, 9.17) is 9.26 Å². The van der Waals surface area contributed by atoms with Crippen molar-refractivity contribution in [3.05, 3.63) is 18.2 Å². The number of morpholine rings is 1. The minimum atomic E-state index is -0.986. The number of rotatable bonds is 7. The van der Waals surface area contributed by atoms with Crippen molar-refractivity contribution in [1.82, 2.24) is 10.1 Å². The average Bonchev–Trinajstić information content (AvgIpc) is 3.01. The molecule has 1 aromatic heterocycles. The lowest BCUT2D eigenvalue weighted by Crippen LogP contribution is -2.37. The summed E-state index contributed by atoms with van der Waals surface area (Å²) in [5.41, 5.74) is 1.15. The summed E-state index contributed by atoms with van der Waals surface area (Å²) >= 11 is 0. The molecule has 2 aromatic rings. The summed E-state index contributed by atoms with van der Waals surface area (Å²) in [6.45, 7) is 9.10. The first kappa shape index (κ1) is 18.5. The number of ether oxygens (including phenoxy) is 1. The van der Waals surface area contributed by atoms with Gasteiger partial charge < -0.3 is 19.7 Å². The predicted molar refractivity (Wildman–Crippen MR) is 100 cm³/mol. The Morgan fingerprint density at radius 2 is 2.15 bits per heavy atom. The molecule has 1 aliphatic heterocycles. The minimum Gasteiger partial charge on any atom is -0.465 e. The van der Waals surface area contributed by atoms with Gasteiger partial charge in [-0.05, 0) is 38.9 Å². The van der Waals surface area contributed by atoms with Crippen molar-refractivity contribution >= 4 is 28.6 Å². The molecule has 142 valence electrons. The van der Waals surface area contributed by atoms with Crippen LogP contribution in [0.25, 0.3) is 11.0 Å². The number of amides is 1. The number of anilines is 2. The highest BCUT2D eigenvalue weighted by Gasteiger charge is 2.19. The Kier molecular flexibility index (Phi) is 5.95. The van der Waals surface area contributed by atoms with Gasteiger partial charge in [-0.2, -0.15) is 0 Å². The zero-order valence-corrected chi connectivity index (χ0v) is 15.3. The van der Waals surface area contributed by atoms with Gasteiger partial charge in [0, 0.05) is 31.7 Å². The van der Waals surface area contributed by atoms with Gasteiger partial charge in [0.2, 0.25) is 0 Å². The molecule has 26 heavy (non-hydrogen) atoms. The fraction of sp³-hybridized carbons (Fsp3) is 0.556. The van der Waals surface area contributed by atoms with Crippen molar-refractivity contribution in [1.29, 1.82) is 0 Å². The summed E-state index contributed by atoms with van der Waals surface area (Å²) in [4.78, 5) is 15.1. The minimum absolute atomic E-state index is 0.161. The number of carboxylic acid groups (broad SMARTS) is 1. The second-order valence-electron chi connectivity index (χ2n) is 6.69. The number of hydrogen-bond donors (Lipinski definition) is 2. The Labute approximate surface area is 152 Å². The molecular formula is C18H26N4O4. The lowest BCUT2D eigenvalue weighted by molar-refractivity contribution is 0.0378. The van der Waals surface area contributed by atoms with Crippen LogP contribution in [0.5, 0.6) is 0 Å². The van der Waals surface area contributed by atoms with E-state index in [2.05, 4.69) is 15.4 Å². The second kappa shape index (κ2) is 8.37. The molecule has 1 aliphatic rings. The molecule has 0 saturated carbocycles. The standard InChI is InChI=1S/C18H26N4O4/c1-13(2)22(18(23)24)14-4-5-15-16(12-14)26-20-17(15)19-6-3-7-21-8-10-25-11-9-21/h4-5,12-13H,3,6-11H2,1-2H3,(H,19,20)(H,23,24). The lowest BCUT2D eigenvalue weighted by Gasteiger charge is -2.26. The third kappa shape index (κ3) is 4.25. The molecule has 1 aromatic carbocycles. The number of fused-ring (bicyclic) bond motifs is 1. The Balaban J connectivity index is 1.60. The van der Waals surface area contributed by atoms with Crippen LogP contribution in [0.4, 0.5) is 16.3 Å². The summed E-state index contributed by atoms with van der Waals surface area (Å²) < 4.78 is 10.7. The molecule has 0 unspecified atom stereocenters. The van der Waals surface area contributed by atoms with E-state index in [1.807, 2.05) is 19.9 Å². The third-order valence-corrected chi connectivity index (χ3v) is 4.50. The molecule has 1 fully saturated rings. The van der Waals surface area contributed by atoms with Crippen molar-refractivity contribution in [2.45, 2.75) is 26.3 Å². The van der Waals surface area contributed by atoms with Crippen LogP contribution in [0, 0.1) is 0 Å². The topological polar surface area (TPSA) is 91.1 Å². The monoisotopic (exact) mass is 362 g/mol. The summed E-state index contributed by atoms with van der Waals surface area (Å²) in [6.07, 6.45) is 0.0207. The van der Waals surface area contributed by atoms with Crippen LogP contribution in [-0.4, -0.2) is 66.7 Å². The van der Waals surface area contributed by atoms with Gasteiger partial charge >= 0.3 is 6.09 Å². The molecule has 0 bridgehead atoms. The average molecular weight is 362 g/mol. The van der Waals surface area contributed by atoms with Gasteiger partial charge in [0.05, 0.1) is 24.3 Å². The van der Waals surface area contributed by atoms with E-state index in [9.17, 15) is 9.90 Å². The van der Waals surface area contributed by atoms with Gasteiger partial charge in [-0.3, -0.25) is 9.80 Å². The van der Waals surface area contributed by atoms with Crippen LogP contribution >= 0.6 is 0 Å². The molecule has 2 N–H and O–H groups in total.